The number of imidazole rings is 1. The SMILES string of the molecule is Cn1c(-c2ccc3c4ccccc4n(-c4cccc(-c5cc(-c6ccsc6)ccn5)c4)c3c2)nc2ccccc21. The van der Waals surface area contributed by atoms with Gasteiger partial charge in [0, 0.05) is 40.8 Å². The number of aromatic nitrogens is 4. The topological polar surface area (TPSA) is 35.6 Å². The predicted octanol–water partition coefficient (Wildman–Crippen LogP) is 9.13. The van der Waals surface area contributed by atoms with Gasteiger partial charge in [-0.05, 0) is 76.5 Å². The highest BCUT2D eigenvalue weighted by molar-refractivity contribution is 7.08. The number of hydrogen-bond acceptors (Lipinski definition) is 3. The van der Waals surface area contributed by atoms with Crippen molar-refractivity contribution in [2.75, 3.05) is 0 Å². The smallest absolute Gasteiger partial charge is 0.140 e. The predicted molar refractivity (Wildman–Crippen MR) is 167 cm³/mol. The van der Waals surface area contributed by atoms with E-state index in [-0.39, 0.29) is 0 Å². The van der Waals surface area contributed by atoms with Gasteiger partial charge in [0.05, 0.1) is 27.8 Å². The molecule has 40 heavy (non-hydrogen) atoms. The molecule has 0 aliphatic rings. The van der Waals surface area contributed by atoms with Gasteiger partial charge in [0.1, 0.15) is 5.82 Å². The van der Waals surface area contributed by atoms with Gasteiger partial charge in [-0.3, -0.25) is 4.98 Å². The van der Waals surface area contributed by atoms with Gasteiger partial charge in [-0.15, -0.1) is 0 Å². The van der Waals surface area contributed by atoms with E-state index in [4.69, 9.17) is 9.97 Å². The Kier molecular flexibility index (Phi) is 5.18. The van der Waals surface area contributed by atoms with Gasteiger partial charge in [-0.1, -0.05) is 54.6 Å². The highest BCUT2D eigenvalue weighted by atomic mass is 32.1. The molecular formula is C35H24N4S. The second kappa shape index (κ2) is 9.04. The largest absolute Gasteiger partial charge is 0.327 e. The third kappa shape index (κ3) is 3.59. The number of rotatable bonds is 4. The molecule has 0 fully saturated rings. The molecule has 5 heteroatoms. The van der Waals surface area contributed by atoms with E-state index >= 15 is 0 Å². The number of fused-ring (bicyclic) bond motifs is 4. The minimum Gasteiger partial charge on any atom is -0.327 e. The van der Waals surface area contributed by atoms with E-state index in [9.17, 15) is 0 Å². The molecule has 0 atom stereocenters. The first-order valence-electron chi connectivity index (χ1n) is 13.3. The van der Waals surface area contributed by atoms with Crippen LogP contribution < -0.4 is 0 Å². The molecule has 0 bridgehead atoms. The molecule has 4 heterocycles. The average Bonchev–Trinajstić information content (AvgIpc) is 3.74. The van der Waals surface area contributed by atoms with Crippen molar-refractivity contribution in [1.82, 2.24) is 19.1 Å². The van der Waals surface area contributed by atoms with Gasteiger partial charge in [0.2, 0.25) is 0 Å². The maximum absolute atomic E-state index is 4.97. The Hall–Kier alpha value is -5.00. The van der Waals surface area contributed by atoms with E-state index in [0.29, 0.717) is 0 Å². The van der Waals surface area contributed by atoms with Crippen molar-refractivity contribution in [2.24, 2.45) is 7.05 Å². The van der Waals surface area contributed by atoms with Gasteiger partial charge >= 0.3 is 0 Å². The van der Waals surface area contributed by atoms with Crippen LogP contribution in [0.1, 0.15) is 0 Å². The summed E-state index contributed by atoms with van der Waals surface area (Å²) in [5, 5.41) is 6.74. The molecule has 0 unspecified atom stereocenters. The van der Waals surface area contributed by atoms with Crippen LogP contribution in [0.4, 0.5) is 0 Å². The van der Waals surface area contributed by atoms with Gasteiger partial charge in [-0.25, -0.2) is 4.98 Å². The van der Waals surface area contributed by atoms with Crippen LogP contribution in [-0.4, -0.2) is 19.1 Å². The molecule has 4 aromatic heterocycles. The van der Waals surface area contributed by atoms with Crippen molar-refractivity contribution in [3.8, 4) is 39.5 Å². The zero-order valence-electron chi connectivity index (χ0n) is 21.8. The third-order valence-electron chi connectivity index (χ3n) is 7.73. The molecular weight excluding hydrogens is 508 g/mol. The van der Waals surface area contributed by atoms with Crippen LogP contribution in [0.5, 0.6) is 0 Å². The van der Waals surface area contributed by atoms with Crippen LogP contribution in [0.3, 0.4) is 0 Å². The maximum atomic E-state index is 4.97. The first-order valence-corrected chi connectivity index (χ1v) is 14.2. The summed E-state index contributed by atoms with van der Waals surface area (Å²) in [5.74, 6) is 0.961. The van der Waals surface area contributed by atoms with E-state index in [1.54, 1.807) is 11.3 Å². The van der Waals surface area contributed by atoms with Gasteiger partial charge in [0.25, 0.3) is 0 Å². The first kappa shape index (κ1) is 22.9. The van der Waals surface area contributed by atoms with Crippen molar-refractivity contribution < 1.29 is 0 Å². The van der Waals surface area contributed by atoms with Crippen LogP contribution in [0.15, 0.2) is 126 Å². The number of benzene rings is 4. The van der Waals surface area contributed by atoms with Crippen LogP contribution in [0.2, 0.25) is 0 Å². The number of nitrogens with zero attached hydrogens (tertiary/aromatic N) is 4. The number of hydrogen-bond donors (Lipinski definition) is 0. The third-order valence-corrected chi connectivity index (χ3v) is 8.42. The maximum Gasteiger partial charge on any atom is 0.140 e. The van der Waals surface area contributed by atoms with Crippen LogP contribution in [0.25, 0.3) is 72.3 Å². The monoisotopic (exact) mass is 532 g/mol. The Morgan fingerprint density at radius 3 is 2.35 bits per heavy atom. The Labute approximate surface area is 235 Å². The highest BCUT2D eigenvalue weighted by Crippen LogP contribution is 2.36. The lowest BCUT2D eigenvalue weighted by Crippen LogP contribution is -1.96. The summed E-state index contributed by atoms with van der Waals surface area (Å²) in [6, 6.07) is 38.7. The standard InChI is InChI=1S/C35H24N4S/c1-38-33-12-5-3-10-30(33)37-35(38)25-13-14-29-28-9-2-4-11-32(28)39(34(29)21-25)27-8-6-7-24(19-27)31-20-23(15-17-36-31)26-16-18-40-22-26/h2-22H,1H3. The summed E-state index contributed by atoms with van der Waals surface area (Å²) < 4.78 is 4.54. The van der Waals surface area contributed by atoms with Gasteiger partial charge < -0.3 is 9.13 Å². The fourth-order valence-electron chi connectivity index (χ4n) is 5.79. The van der Waals surface area contributed by atoms with Crippen molar-refractivity contribution in [1.29, 1.82) is 0 Å². The summed E-state index contributed by atoms with van der Waals surface area (Å²) in [4.78, 5) is 9.71. The molecule has 8 aromatic rings. The Morgan fingerprint density at radius 2 is 1.48 bits per heavy atom. The molecule has 0 amide bonds. The zero-order valence-corrected chi connectivity index (χ0v) is 22.6. The normalized spacial score (nSPS) is 11.6. The molecule has 4 nitrogen and oxygen atoms in total. The molecule has 0 aliphatic heterocycles. The van der Waals surface area contributed by atoms with E-state index < -0.39 is 0 Å². The molecule has 0 aliphatic carbocycles. The summed E-state index contributed by atoms with van der Waals surface area (Å²) >= 11 is 1.71. The second-order valence-electron chi connectivity index (χ2n) is 10.1. The highest BCUT2D eigenvalue weighted by Gasteiger charge is 2.16. The van der Waals surface area contributed by atoms with Crippen LogP contribution in [-0.2, 0) is 7.05 Å². The zero-order chi connectivity index (χ0) is 26.6. The average molecular weight is 533 g/mol. The lowest BCUT2D eigenvalue weighted by atomic mass is 10.1. The Bertz CT molecular complexity index is 2180. The number of pyridine rings is 1. The van der Waals surface area contributed by atoms with Gasteiger partial charge in [-0.2, -0.15) is 11.3 Å². The Morgan fingerprint density at radius 1 is 0.625 bits per heavy atom. The van der Waals surface area contributed by atoms with E-state index in [2.05, 4.69) is 130 Å². The number of thiophene rings is 1. The van der Waals surface area contributed by atoms with E-state index in [1.165, 1.54) is 27.4 Å². The lowest BCUT2D eigenvalue weighted by molar-refractivity contribution is 0.959. The molecule has 190 valence electrons. The first-order chi connectivity index (χ1) is 19.7. The summed E-state index contributed by atoms with van der Waals surface area (Å²) in [5.41, 5.74) is 11.1. The molecule has 0 saturated carbocycles. The van der Waals surface area contributed by atoms with Crippen molar-refractivity contribution >= 4 is 44.2 Å². The van der Waals surface area contributed by atoms with Gasteiger partial charge in [0.15, 0.2) is 0 Å². The molecule has 0 saturated heterocycles. The van der Waals surface area contributed by atoms with E-state index in [1.807, 2.05) is 12.3 Å². The minimum atomic E-state index is 0.961. The van der Waals surface area contributed by atoms with Crippen molar-refractivity contribution in [2.45, 2.75) is 0 Å². The molecule has 4 aromatic carbocycles. The number of aryl methyl sites for hydroxylation is 1. The van der Waals surface area contributed by atoms with Crippen LogP contribution >= 0.6 is 11.3 Å². The summed E-state index contributed by atoms with van der Waals surface area (Å²) in [7, 11) is 2.09. The fourth-order valence-corrected chi connectivity index (χ4v) is 6.46. The van der Waals surface area contributed by atoms with E-state index in [0.717, 1.165) is 44.9 Å². The summed E-state index contributed by atoms with van der Waals surface area (Å²) in [6.45, 7) is 0. The summed E-state index contributed by atoms with van der Waals surface area (Å²) in [6.07, 6.45) is 1.90. The fraction of sp³-hybridized carbons (Fsp3) is 0.0286. The van der Waals surface area contributed by atoms with Crippen molar-refractivity contribution in [3.63, 3.8) is 0 Å². The molecule has 0 radical (unpaired) electrons. The Balaban J connectivity index is 1.32. The van der Waals surface area contributed by atoms with Crippen molar-refractivity contribution in [3.05, 3.63) is 126 Å². The second-order valence-corrected chi connectivity index (χ2v) is 10.8. The molecule has 8 rings (SSSR count). The van der Waals surface area contributed by atoms with Crippen LogP contribution in [0, 0.1) is 0 Å². The number of para-hydroxylation sites is 3. The lowest BCUT2D eigenvalue weighted by Gasteiger charge is -2.11. The minimum absolute atomic E-state index is 0.961. The quantitative estimate of drug-likeness (QED) is 0.227. The molecule has 0 spiro atoms. The molecule has 0 N–H and O–H groups in total.